The van der Waals surface area contributed by atoms with Crippen LogP contribution in [0.4, 0.5) is 0 Å². The van der Waals surface area contributed by atoms with E-state index in [-0.39, 0.29) is 47.8 Å². The third-order valence-corrected chi connectivity index (χ3v) is 8.01. The van der Waals surface area contributed by atoms with Gasteiger partial charge < -0.3 is 14.2 Å². The summed E-state index contributed by atoms with van der Waals surface area (Å²) in [5, 5.41) is 0. The summed E-state index contributed by atoms with van der Waals surface area (Å²) in [5.41, 5.74) is 0.122. The van der Waals surface area contributed by atoms with Crippen LogP contribution in [0.5, 0.6) is 0 Å². The Balaban J connectivity index is 1.77. The van der Waals surface area contributed by atoms with Gasteiger partial charge in [-0.15, -0.1) is 0 Å². The molecule has 0 spiro atoms. The first-order valence-electron chi connectivity index (χ1n) is 11.4. The molecule has 3 unspecified atom stereocenters. The highest BCUT2D eigenvalue weighted by Crippen LogP contribution is 2.57. The Kier molecular flexibility index (Phi) is 5.67. The molecule has 0 aromatic heterocycles. The molecule has 3 aliphatic heterocycles. The number of ketones is 1. The van der Waals surface area contributed by atoms with E-state index in [0.717, 1.165) is 24.8 Å². The molecule has 9 atom stereocenters. The highest BCUT2D eigenvalue weighted by Gasteiger charge is 2.64. The fourth-order valence-electron chi connectivity index (χ4n) is 6.44. The van der Waals surface area contributed by atoms with E-state index in [4.69, 9.17) is 14.2 Å². The van der Waals surface area contributed by atoms with Gasteiger partial charge in [-0.1, -0.05) is 32.9 Å². The predicted molar refractivity (Wildman–Crippen MR) is 109 cm³/mol. The van der Waals surface area contributed by atoms with E-state index >= 15 is 0 Å². The van der Waals surface area contributed by atoms with E-state index in [9.17, 15) is 9.59 Å². The Hall–Kier alpha value is -1.20. The maximum atomic E-state index is 13.2. The van der Waals surface area contributed by atoms with Crippen molar-refractivity contribution in [2.24, 2.45) is 29.6 Å². The molecule has 4 aliphatic rings. The van der Waals surface area contributed by atoms with Gasteiger partial charge in [-0.2, -0.15) is 0 Å². The SMILES string of the molecule is C=C1CCC(=O)[C@]2(C)OC[C@H](C)C3C[C@@H](C)[C@@H](OC(=O)CCC)[C@H]4C(C1)OC2[C@@H]34. The lowest BCUT2D eigenvalue weighted by molar-refractivity contribution is -0.165. The van der Waals surface area contributed by atoms with Crippen molar-refractivity contribution in [2.45, 2.75) is 90.1 Å². The Bertz CT molecular complexity index is 687. The van der Waals surface area contributed by atoms with Crippen molar-refractivity contribution >= 4 is 11.8 Å². The number of ether oxygens (including phenoxy) is 3. The third-order valence-electron chi connectivity index (χ3n) is 8.01. The van der Waals surface area contributed by atoms with Gasteiger partial charge in [-0.3, -0.25) is 9.59 Å². The molecular formula is C24H36O5. The van der Waals surface area contributed by atoms with Gasteiger partial charge >= 0.3 is 5.97 Å². The van der Waals surface area contributed by atoms with Gasteiger partial charge in [-0.25, -0.2) is 0 Å². The summed E-state index contributed by atoms with van der Waals surface area (Å²) in [5.74, 6) is 1.30. The molecule has 3 heterocycles. The first-order chi connectivity index (χ1) is 13.8. The van der Waals surface area contributed by atoms with Crippen LogP contribution < -0.4 is 0 Å². The van der Waals surface area contributed by atoms with E-state index in [0.29, 0.717) is 37.7 Å². The number of hydrogen-bond donors (Lipinski definition) is 0. The van der Waals surface area contributed by atoms with Gasteiger partial charge in [0.15, 0.2) is 5.78 Å². The van der Waals surface area contributed by atoms with Crippen LogP contribution in [-0.4, -0.2) is 42.3 Å². The van der Waals surface area contributed by atoms with Crippen molar-refractivity contribution in [1.82, 2.24) is 0 Å². The van der Waals surface area contributed by atoms with Crippen LogP contribution in [-0.2, 0) is 23.8 Å². The molecule has 162 valence electrons. The number of carbonyl (C=O) groups excluding carboxylic acids is 2. The second kappa shape index (κ2) is 7.81. The molecule has 1 aliphatic carbocycles. The summed E-state index contributed by atoms with van der Waals surface area (Å²) < 4.78 is 19.1. The topological polar surface area (TPSA) is 61.8 Å². The molecule has 0 aromatic carbocycles. The molecule has 0 aromatic rings. The number of fused-ring (bicyclic) bond motifs is 2. The van der Waals surface area contributed by atoms with Crippen molar-refractivity contribution in [2.75, 3.05) is 6.61 Å². The fourth-order valence-corrected chi connectivity index (χ4v) is 6.44. The lowest BCUT2D eigenvalue weighted by atomic mass is 9.59. The quantitative estimate of drug-likeness (QED) is 0.524. The van der Waals surface area contributed by atoms with Gasteiger partial charge in [0.1, 0.15) is 11.7 Å². The summed E-state index contributed by atoms with van der Waals surface area (Å²) in [6, 6.07) is 0. The summed E-state index contributed by atoms with van der Waals surface area (Å²) in [7, 11) is 0. The molecule has 1 saturated carbocycles. The normalized spacial score (nSPS) is 47.0. The Morgan fingerprint density at radius 2 is 2.00 bits per heavy atom. The van der Waals surface area contributed by atoms with Crippen LogP contribution in [0.25, 0.3) is 0 Å². The number of rotatable bonds is 3. The number of hydrogen-bond acceptors (Lipinski definition) is 5. The van der Waals surface area contributed by atoms with Gasteiger partial charge in [-0.05, 0) is 50.4 Å². The molecule has 0 amide bonds. The minimum Gasteiger partial charge on any atom is -0.462 e. The predicted octanol–water partition coefficient (Wildman–Crippen LogP) is 4.09. The summed E-state index contributed by atoms with van der Waals surface area (Å²) >= 11 is 0. The van der Waals surface area contributed by atoms with Crippen LogP contribution in [0, 0.1) is 29.6 Å². The van der Waals surface area contributed by atoms with E-state index < -0.39 is 5.60 Å². The zero-order valence-electron chi connectivity index (χ0n) is 18.3. The fraction of sp³-hybridized carbons (Fsp3) is 0.833. The van der Waals surface area contributed by atoms with E-state index in [1.807, 2.05) is 13.8 Å². The van der Waals surface area contributed by atoms with Crippen LogP contribution in [0.3, 0.4) is 0 Å². The average molecular weight is 405 g/mol. The molecule has 4 fully saturated rings. The second-order valence-electron chi connectivity index (χ2n) is 10.1. The molecule has 29 heavy (non-hydrogen) atoms. The number of carbonyl (C=O) groups is 2. The highest BCUT2D eigenvalue weighted by molar-refractivity contribution is 5.88. The van der Waals surface area contributed by atoms with E-state index in [2.05, 4.69) is 20.4 Å². The van der Waals surface area contributed by atoms with Gasteiger partial charge in [0, 0.05) is 24.7 Å². The van der Waals surface area contributed by atoms with Crippen molar-refractivity contribution < 1.29 is 23.8 Å². The maximum Gasteiger partial charge on any atom is 0.306 e. The van der Waals surface area contributed by atoms with Gasteiger partial charge in [0.25, 0.3) is 0 Å². The minimum absolute atomic E-state index is 0.0682. The van der Waals surface area contributed by atoms with Crippen molar-refractivity contribution in [3.8, 4) is 0 Å². The Morgan fingerprint density at radius 3 is 2.72 bits per heavy atom. The molecule has 2 bridgehead atoms. The molecule has 5 nitrogen and oxygen atoms in total. The zero-order valence-corrected chi connectivity index (χ0v) is 18.3. The number of Topliss-reactive ketones (excluding diaryl/α,β-unsaturated/α-hetero) is 1. The van der Waals surface area contributed by atoms with E-state index in [1.54, 1.807) is 0 Å². The molecule has 0 N–H and O–H groups in total. The minimum atomic E-state index is -0.927. The molecular weight excluding hydrogens is 368 g/mol. The monoisotopic (exact) mass is 404 g/mol. The summed E-state index contributed by atoms with van der Waals surface area (Å²) in [6.07, 6.45) is 3.58. The second-order valence-corrected chi connectivity index (χ2v) is 10.1. The van der Waals surface area contributed by atoms with Crippen molar-refractivity contribution in [1.29, 1.82) is 0 Å². The molecule has 5 heteroatoms. The van der Waals surface area contributed by atoms with Crippen LogP contribution in [0.1, 0.15) is 66.2 Å². The zero-order chi connectivity index (χ0) is 20.9. The Labute approximate surface area is 174 Å². The molecule has 4 rings (SSSR count). The Morgan fingerprint density at radius 1 is 1.24 bits per heavy atom. The smallest absolute Gasteiger partial charge is 0.306 e. The van der Waals surface area contributed by atoms with Gasteiger partial charge in [0.05, 0.1) is 18.8 Å². The van der Waals surface area contributed by atoms with E-state index in [1.165, 1.54) is 0 Å². The lowest BCUT2D eigenvalue weighted by Gasteiger charge is -2.46. The van der Waals surface area contributed by atoms with Crippen LogP contribution in [0.2, 0.25) is 0 Å². The maximum absolute atomic E-state index is 13.2. The van der Waals surface area contributed by atoms with Crippen molar-refractivity contribution in [3.63, 3.8) is 0 Å². The number of esters is 1. The standard InChI is InChI=1S/C24H36O5/c1-6-7-19(26)29-22-14(3)11-16-15(4)12-27-24(5)18(25)9-8-13(2)10-17-21(22)20(16)23(24)28-17/h14-17,20-23H,2,6-12H2,1,3-5H3/t14-,15+,16?,17?,20+,21+,22-,23?,24+/m1/s1. The average Bonchev–Trinajstić information content (AvgIpc) is 3.02. The highest BCUT2D eigenvalue weighted by atomic mass is 16.6. The largest absolute Gasteiger partial charge is 0.462 e. The first-order valence-corrected chi connectivity index (χ1v) is 11.4. The van der Waals surface area contributed by atoms with Crippen LogP contribution in [0.15, 0.2) is 12.2 Å². The summed E-state index contributed by atoms with van der Waals surface area (Å²) in [6.45, 7) is 13.2. The first kappa shape index (κ1) is 21.0. The molecule has 3 saturated heterocycles. The summed E-state index contributed by atoms with van der Waals surface area (Å²) in [4.78, 5) is 25.7. The lowest BCUT2D eigenvalue weighted by Crippen LogP contribution is -2.54. The van der Waals surface area contributed by atoms with Crippen LogP contribution >= 0.6 is 0 Å². The van der Waals surface area contributed by atoms with Crippen molar-refractivity contribution in [3.05, 3.63) is 12.2 Å². The third kappa shape index (κ3) is 3.48. The van der Waals surface area contributed by atoms with Gasteiger partial charge in [0.2, 0.25) is 0 Å². The molecule has 0 radical (unpaired) electrons.